The van der Waals surface area contributed by atoms with Crippen LogP contribution in [-0.4, -0.2) is 23.1 Å². The first-order valence-corrected chi connectivity index (χ1v) is 13.8. The highest BCUT2D eigenvalue weighted by molar-refractivity contribution is 5.84. The van der Waals surface area contributed by atoms with Crippen LogP contribution >= 0.6 is 0 Å². The third-order valence-electron chi connectivity index (χ3n) is 9.22. The summed E-state index contributed by atoms with van der Waals surface area (Å²) < 4.78 is 11.0. The average molecular weight is 461 g/mol. The predicted molar refractivity (Wildman–Crippen MR) is 137 cm³/mol. The molecule has 0 N–H and O–H groups in total. The van der Waals surface area contributed by atoms with Crippen molar-refractivity contribution in [1.82, 2.24) is 4.57 Å². The molecular weight excluding hydrogens is 418 g/mol. The van der Waals surface area contributed by atoms with Gasteiger partial charge in [-0.25, -0.2) is 14.1 Å². The minimum atomic E-state index is 0.299. The van der Waals surface area contributed by atoms with Gasteiger partial charge in [0, 0.05) is 23.0 Å². The Morgan fingerprint density at radius 2 is 1.62 bits per heavy atom. The van der Waals surface area contributed by atoms with E-state index in [0.29, 0.717) is 23.3 Å². The molecule has 4 fully saturated rings. The highest BCUT2D eigenvalue weighted by Crippen LogP contribution is 2.61. The Hall–Kier alpha value is -2.10. The lowest BCUT2D eigenvalue weighted by Gasteiger charge is -2.56. The molecule has 1 aromatic carbocycles. The lowest BCUT2D eigenvalue weighted by atomic mass is 9.49. The fraction of sp³-hybridized carbons (Fsp3) is 0.667. The Bertz CT molecular complexity index is 1020. The van der Waals surface area contributed by atoms with Crippen molar-refractivity contribution in [3.8, 4) is 5.69 Å². The minimum absolute atomic E-state index is 0.299. The van der Waals surface area contributed by atoms with Gasteiger partial charge in [0.25, 0.3) is 0 Å². The van der Waals surface area contributed by atoms with Gasteiger partial charge in [0.2, 0.25) is 6.33 Å². The molecule has 2 heterocycles. The molecule has 2 aromatic rings. The molecule has 34 heavy (non-hydrogen) atoms. The fourth-order valence-corrected chi connectivity index (χ4v) is 7.99. The van der Waals surface area contributed by atoms with Crippen molar-refractivity contribution < 1.29 is 9.30 Å². The van der Waals surface area contributed by atoms with E-state index in [1.165, 1.54) is 55.3 Å². The van der Waals surface area contributed by atoms with Gasteiger partial charge in [-0.15, -0.1) is 0 Å². The van der Waals surface area contributed by atoms with E-state index in [0.717, 1.165) is 43.2 Å². The summed E-state index contributed by atoms with van der Waals surface area (Å²) in [6, 6.07) is 7.10. The first-order valence-electron chi connectivity index (χ1n) is 13.8. The number of aryl methyl sites for hydroxylation is 1. The maximum atomic E-state index is 6.33. The van der Waals surface area contributed by atoms with Gasteiger partial charge in [-0.05, 0) is 68.1 Å². The standard InChI is InChI=1S/C30H42N3O/c1-20(2)26-6-5-7-27(21(3)4)28(26)33-11-10-32(19-33)9-8-25-18-34-29(31-25)30-15-22-12-23(16-30)14-24(13-22)17-30/h5-7,10-11,19-25H,8-9,12-18H2,1-4H3/q+1/t22?,23?,24?,25-,30?/m1/s1. The number of nitrogens with zero attached hydrogens (tertiary/aromatic N) is 3. The molecule has 4 saturated carbocycles. The summed E-state index contributed by atoms with van der Waals surface area (Å²) in [6.07, 6.45) is 16.2. The van der Waals surface area contributed by atoms with Crippen LogP contribution in [0.4, 0.5) is 0 Å². The van der Waals surface area contributed by atoms with E-state index >= 15 is 0 Å². The molecule has 1 aromatic heterocycles. The molecule has 0 radical (unpaired) electrons. The lowest BCUT2D eigenvalue weighted by Crippen LogP contribution is -2.50. The summed E-state index contributed by atoms with van der Waals surface area (Å²) in [4.78, 5) is 5.21. The van der Waals surface area contributed by atoms with Crippen LogP contribution in [0.15, 0.2) is 41.9 Å². The maximum absolute atomic E-state index is 6.33. The molecule has 4 bridgehead atoms. The largest absolute Gasteiger partial charge is 0.478 e. The molecule has 0 saturated heterocycles. The zero-order valence-corrected chi connectivity index (χ0v) is 21.5. The number of hydrogen-bond donors (Lipinski definition) is 0. The van der Waals surface area contributed by atoms with E-state index in [1.54, 1.807) is 0 Å². The number of benzene rings is 1. The van der Waals surface area contributed by atoms with Gasteiger partial charge in [0.1, 0.15) is 24.7 Å². The number of rotatable bonds is 7. The number of ether oxygens (including phenoxy) is 1. The molecule has 5 aliphatic rings. The normalized spacial score (nSPS) is 32.0. The van der Waals surface area contributed by atoms with Crippen molar-refractivity contribution in [1.29, 1.82) is 0 Å². The summed E-state index contributed by atoms with van der Waals surface area (Å²) >= 11 is 0. The van der Waals surface area contributed by atoms with Gasteiger partial charge in [-0.1, -0.05) is 45.9 Å². The Morgan fingerprint density at radius 1 is 1.00 bits per heavy atom. The predicted octanol–water partition coefficient (Wildman–Crippen LogP) is 6.42. The first-order chi connectivity index (χ1) is 16.4. The summed E-state index contributed by atoms with van der Waals surface area (Å²) in [5, 5.41) is 0. The second kappa shape index (κ2) is 8.53. The van der Waals surface area contributed by atoms with Gasteiger partial charge < -0.3 is 4.74 Å². The first kappa shape index (κ1) is 22.4. The van der Waals surface area contributed by atoms with E-state index < -0.39 is 0 Å². The summed E-state index contributed by atoms with van der Waals surface area (Å²) in [5.74, 6) is 4.96. The highest BCUT2D eigenvalue weighted by Gasteiger charge is 2.55. The second-order valence-corrected chi connectivity index (χ2v) is 12.5. The van der Waals surface area contributed by atoms with Crippen LogP contribution in [-0.2, 0) is 11.3 Å². The van der Waals surface area contributed by atoms with Crippen molar-refractivity contribution in [2.45, 2.75) is 97.1 Å². The van der Waals surface area contributed by atoms with Crippen LogP contribution in [0, 0.1) is 23.2 Å². The molecule has 4 nitrogen and oxygen atoms in total. The molecule has 7 rings (SSSR count). The maximum Gasteiger partial charge on any atom is 0.248 e. The Kier molecular flexibility index (Phi) is 5.61. The van der Waals surface area contributed by atoms with Crippen LogP contribution < -0.4 is 4.57 Å². The molecule has 182 valence electrons. The van der Waals surface area contributed by atoms with Gasteiger partial charge in [-0.2, -0.15) is 0 Å². The van der Waals surface area contributed by atoms with Crippen LogP contribution in [0.2, 0.25) is 0 Å². The van der Waals surface area contributed by atoms with Gasteiger partial charge >= 0.3 is 0 Å². The van der Waals surface area contributed by atoms with E-state index in [2.05, 4.69) is 73.7 Å². The summed E-state index contributed by atoms with van der Waals surface area (Å²) in [6.45, 7) is 10.9. The number of imidazole rings is 1. The molecule has 4 heteroatoms. The zero-order chi connectivity index (χ0) is 23.4. The van der Waals surface area contributed by atoms with Crippen LogP contribution in [0.5, 0.6) is 0 Å². The van der Waals surface area contributed by atoms with Crippen LogP contribution in [0.3, 0.4) is 0 Å². The molecule has 1 atom stereocenters. The summed E-state index contributed by atoms with van der Waals surface area (Å²) in [5.41, 5.74) is 4.50. The Morgan fingerprint density at radius 3 is 2.21 bits per heavy atom. The average Bonchev–Trinajstić information content (AvgIpc) is 3.46. The molecular formula is C30H42N3O+. The van der Waals surface area contributed by atoms with E-state index in [9.17, 15) is 0 Å². The van der Waals surface area contributed by atoms with E-state index in [-0.39, 0.29) is 0 Å². The van der Waals surface area contributed by atoms with Crippen LogP contribution in [0.1, 0.15) is 95.6 Å². The fourth-order valence-electron chi connectivity index (χ4n) is 7.99. The van der Waals surface area contributed by atoms with Crippen LogP contribution in [0.25, 0.3) is 5.69 Å². The SMILES string of the molecule is CC(C)c1cccc(C(C)C)c1-n1cc[n+](CC[C@@H]2COC(C34CC5CC(CC(C5)C3)C4)=N2)c1. The topological polar surface area (TPSA) is 30.4 Å². The van der Waals surface area contributed by atoms with E-state index in [1.807, 2.05) is 0 Å². The van der Waals surface area contributed by atoms with Crippen molar-refractivity contribution in [3.63, 3.8) is 0 Å². The van der Waals surface area contributed by atoms with Crippen molar-refractivity contribution >= 4 is 5.90 Å². The number of hydrogen-bond acceptors (Lipinski definition) is 2. The van der Waals surface area contributed by atoms with Gasteiger partial charge in [-0.3, -0.25) is 0 Å². The Balaban J connectivity index is 1.16. The minimum Gasteiger partial charge on any atom is -0.478 e. The zero-order valence-electron chi connectivity index (χ0n) is 21.5. The van der Waals surface area contributed by atoms with Crippen molar-refractivity contribution in [2.24, 2.45) is 28.2 Å². The third-order valence-corrected chi connectivity index (χ3v) is 9.22. The lowest BCUT2D eigenvalue weighted by molar-refractivity contribution is -0.696. The third kappa shape index (κ3) is 3.91. The van der Waals surface area contributed by atoms with Crippen molar-refractivity contribution in [2.75, 3.05) is 6.61 Å². The summed E-state index contributed by atoms with van der Waals surface area (Å²) in [7, 11) is 0. The van der Waals surface area contributed by atoms with Gasteiger partial charge in [0.05, 0.1) is 12.6 Å². The number of para-hydroxylation sites is 1. The smallest absolute Gasteiger partial charge is 0.248 e. The number of aliphatic imine (C=N–C) groups is 1. The second-order valence-electron chi connectivity index (χ2n) is 12.5. The quantitative estimate of drug-likeness (QED) is 0.439. The monoisotopic (exact) mass is 460 g/mol. The van der Waals surface area contributed by atoms with Gasteiger partial charge in [0.15, 0.2) is 5.90 Å². The molecule has 0 unspecified atom stereocenters. The molecule has 0 amide bonds. The van der Waals surface area contributed by atoms with E-state index in [4.69, 9.17) is 9.73 Å². The molecule has 4 aliphatic carbocycles. The Labute approximate surface area is 205 Å². The molecule has 0 spiro atoms. The van der Waals surface area contributed by atoms with Crippen molar-refractivity contribution in [3.05, 3.63) is 48.0 Å². The highest BCUT2D eigenvalue weighted by atomic mass is 16.5. The number of aromatic nitrogens is 2. The molecule has 1 aliphatic heterocycles.